The second-order valence-corrected chi connectivity index (χ2v) is 10.2. The third-order valence-corrected chi connectivity index (χ3v) is 7.46. The lowest BCUT2D eigenvalue weighted by atomic mass is 9.97. The maximum atomic E-state index is 14.1. The number of hydrogen-bond donors (Lipinski definition) is 2. The van der Waals surface area contributed by atoms with Gasteiger partial charge < -0.3 is 10.6 Å². The van der Waals surface area contributed by atoms with Crippen LogP contribution in [0.5, 0.6) is 0 Å². The Morgan fingerprint density at radius 1 is 1.16 bits per heavy atom. The highest BCUT2D eigenvalue weighted by Crippen LogP contribution is 2.46. The van der Waals surface area contributed by atoms with Crippen LogP contribution >= 0.6 is 27.5 Å². The third kappa shape index (κ3) is 4.51. The molecule has 198 valence electrons. The number of aromatic nitrogens is 4. The molecule has 1 aliphatic heterocycles. The van der Waals surface area contributed by atoms with E-state index < -0.39 is 35.4 Å². The zero-order valence-electron chi connectivity index (χ0n) is 20.1. The number of rotatable bonds is 4. The highest BCUT2D eigenvalue weighted by molar-refractivity contribution is 9.10. The molecular weight excluding hydrogens is 589 g/mol. The van der Waals surface area contributed by atoms with E-state index in [2.05, 4.69) is 31.7 Å². The average molecular weight is 610 g/mol. The zero-order chi connectivity index (χ0) is 27.4. The van der Waals surface area contributed by atoms with Crippen molar-refractivity contribution < 1.29 is 18.0 Å². The Morgan fingerprint density at radius 3 is 2.45 bits per heavy atom. The first-order valence-corrected chi connectivity index (χ1v) is 12.7. The van der Waals surface area contributed by atoms with Crippen molar-refractivity contribution in [3.8, 4) is 5.69 Å². The molecule has 2 aromatic heterocycles. The first-order chi connectivity index (χ1) is 18.0. The highest BCUT2D eigenvalue weighted by atomic mass is 79.9. The van der Waals surface area contributed by atoms with E-state index in [1.54, 1.807) is 73.3 Å². The number of alkyl halides is 3. The molecule has 0 bridgehead atoms. The number of carbonyl (C=O) groups excluding carboxylic acids is 1. The Hall–Kier alpha value is -3.51. The van der Waals surface area contributed by atoms with Crippen molar-refractivity contribution >= 4 is 44.9 Å². The lowest BCUT2D eigenvalue weighted by molar-refractivity contribution is -0.173. The van der Waals surface area contributed by atoms with Gasteiger partial charge in [-0.1, -0.05) is 57.9 Å². The molecule has 4 aromatic rings. The summed E-state index contributed by atoms with van der Waals surface area (Å²) >= 11 is 9.76. The van der Waals surface area contributed by atoms with Crippen LogP contribution in [0, 0.1) is 6.92 Å². The smallest absolute Gasteiger partial charge is 0.362 e. The molecule has 2 atom stereocenters. The summed E-state index contributed by atoms with van der Waals surface area (Å²) in [5.41, 5.74) is 0.680. The lowest BCUT2D eigenvalue weighted by Crippen LogP contribution is -2.35. The number of benzene rings is 2. The molecule has 2 aromatic carbocycles. The van der Waals surface area contributed by atoms with Gasteiger partial charge in [0.1, 0.15) is 16.5 Å². The van der Waals surface area contributed by atoms with E-state index in [1.165, 1.54) is 4.68 Å². The summed E-state index contributed by atoms with van der Waals surface area (Å²) < 4.78 is 46.7. The number of anilines is 2. The van der Waals surface area contributed by atoms with Crippen molar-refractivity contribution in [2.75, 3.05) is 10.6 Å². The molecule has 38 heavy (non-hydrogen) atoms. The molecule has 1 aliphatic rings. The van der Waals surface area contributed by atoms with Crippen LogP contribution in [0.3, 0.4) is 0 Å². The van der Waals surface area contributed by atoms with Gasteiger partial charge in [0.25, 0.3) is 11.5 Å². The lowest BCUT2D eigenvalue weighted by Gasteiger charge is -2.33. The Bertz CT molecular complexity index is 1580. The Balaban J connectivity index is 1.51. The second-order valence-electron chi connectivity index (χ2n) is 8.89. The van der Waals surface area contributed by atoms with Gasteiger partial charge in [-0.3, -0.25) is 14.3 Å². The largest absolute Gasteiger partial charge is 0.410 e. The zero-order valence-corrected chi connectivity index (χ0v) is 22.4. The van der Waals surface area contributed by atoms with E-state index in [9.17, 15) is 22.8 Å². The van der Waals surface area contributed by atoms with Crippen LogP contribution in [-0.4, -0.2) is 31.2 Å². The van der Waals surface area contributed by atoms with Gasteiger partial charge in [-0.2, -0.15) is 18.3 Å². The maximum absolute atomic E-state index is 14.1. The van der Waals surface area contributed by atoms with Gasteiger partial charge in [0.15, 0.2) is 11.7 Å². The van der Waals surface area contributed by atoms with Crippen molar-refractivity contribution in [2.45, 2.75) is 31.6 Å². The van der Waals surface area contributed by atoms with Gasteiger partial charge >= 0.3 is 6.18 Å². The minimum atomic E-state index is -4.65. The summed E-state index contributed by atoms with van der Waals surface area (Å²) in [6.07, 6.45) is -5.00. The first kappa shape index (κ1) is 26.1. The maximum Gasteiger partial charge on any atom is 0.410 e. The summed E-state index contributed by atoms with van der Waals surface area (Å²) in [6, 6.07) is 13.0. The van der Waals surface area contributed by atoms with Crippen molar-refractivity contribution in [1.82, 2.24) is 19.1 Å². The van der Waals surface area contributed by atoms with Crippen LogP contribution in [0.25, 0.3) is 5.69 Å². The molecule has 0 fully saturated rings. The molecule has 0 unspecified atom stereocenters. The second kappa shape index (κ2) is 9.66. The average Bonchev–Trinajstić information content (AvgIpc) is 3.32. The molecule has 0 spiro atoms. The fourth-order valence-corrected chi connectivity index (χ4v) is 5.06. The fourth-order valence-electron chi connectivity index (χ4n) is 4.53. The van der Waals surface area contributed by atoms with Gasteiger partial charge in [-0.05, 0) is 36.8 Å². The van der Waals surface area contributed by atoms with Crippen molar-refractivity contribution in [3.63, 3.8) is 0 Å². The summed E-state index contributed by atoms with van der Waals surface area (Å²) in [5, 5.41) is 9.20. The van der Waals surface area contributed by atoms with E-state index in [1.807, 2.05) is 0 Å². The topological polar surface area (TPSA) is 85.9 Å². The number of nitrogens with one attached hydrogen (secondary N) is 2. The fraction of sp³-hybridized carbons (Fsp3) is 0.240. The SMILES string of the molecule is Cc1c(NC(=O)c2nn3c(c2Cl)N[C@@H](c2ccc(Br)cc2)C[C@H]3C(F)(F)F)c(=O)n(-c2ccccc2)n1C. The molecule has 2 N–H and O–H groups in total. The number of fused-ring (bicyclic) bond motifs is 1. The van der Waals surface area contributed by atoms with E-state index >= 15 is 0 Å². The van der Waals surface area contributed by atoms with Crippen LogP contribution in [0.1, 0.15) is 40.3 Å². The van der Waals surface area contributed by atoms with Gasteiger partial charge in [0.2, 0.25) is 0 Å². The van der Waals surface area contributed by atoms with Crippen LogP contribution in [0.2, 0.25) is 5.02 Å². The normalized spacial score (nSPS) is 17.1. The molecular formula is C25H21BrClF3N6O2. The predicted molar refractivity (Wildman–Crippen MR) is 141 cm³/mol. The Morgan fingerprint density at radius 2 is 1.82 bits per heavy atom. The molecule has 0 aliphatic carbocycles. The summed E-state index contributed by atoms with van der Waals surface area (Å²) in [7, 11) is 1.65. The number of para-hydroxylation sites is 1. The molecule has 3 heterocycles. The Kier molecular flexibility index (Phi) is 6.64. The van der Waals surface area contributed by atoms with E-state index in [-0.39, 0.29) is 22.9 Å². The summed E-state index contributed by atoms with van der Waals surface area (Å²) in [5.74, 6) is -1.02. The van der Waals surface area contributed by atoms with Crippen molar-refractivity contribution in [2.24, 2.45) is 7.05 Å². The molecule has 0 saturated carbocycles. The monoisotopic (exact) mass is 608 g/mol. The van der Waals surface area contributed by atoms with E-state index in [0.29, 0.717) is 21.6 Å². The van der Waals surface area contributed by atoms with E-state index in [0.717, 1.165) is 4.47 Å². The quantitative estimate of drug-likeness (QED) is 0.297. The minimum absolute atomic E-state index is 0.0311. The highest BCUT2D eigenvalue weighted by Gasteiger charge is 2.48. The first-order valence-electron chi connectivity index (χ1n) is 11.5. The Labute approximate surface area is 228 Å². The number of nitrogens with zero attached hydrogens (tertiary/aromatic N) is 4. The number of hydrogen-bond acceptors (Lipinski definition) is 4. The number of halogens is 5. The minimum Gasteiger partial charge on any atom is -0.362 e. The van der Waals surface area contributed by atoms with Gasteiger partial charge in [0.05, 0.1) is 17.4 Å². The van der Waals surface area contributed by atoms with Crippen LogP contribution in [0.15, 0.2) is 63.9 Å². The molecule has 8 nitrogen and oxygen atoms in total. The van der Waals surface area contributed by atoms with Crippen LogP contribution in [0.4, 0.5) is 24.7 Å². The standard InChI is InChI=1S/C25H21BrClF3N6O2/c1-13-20(24(38)36(34(13)2)16-6-4-3-5-7-16)32-23(37)21-19(27)22-31-17(14-8-10-15(26)11-9-14)12-18(25(28,29)30)35(22)33-21/h3-11,17-18,31H,12H2,1-2H3,(H,32,37)/t17-,18+/m1/s1. The van der Waals surface area contributed by atoms with Gasteiger partial charge in [0, 0.05) is 17.9 Å². The molecule has 13 heteroatoms. The van der Waals surface area contributed by atoms with Gasteiger partial charge in [-0.15, -0.1) is 0 Å². The molecule has 0 radical (unpaired) electrons. The molecule has 1 amide bonds. The summed E-state index contributed by atoms with van der Waals surface area (Å²) in [6.45, 7) is 1.64. The molecule has 5 rings (SSSR count). The van der Waals surface area contributed by atoms with Crippen molar-refractivity contribution in [1.29, 1.82) is 0 Å². The predicted octanol–water partition coefficient (Wildman–Crippen LogP) is 6.01. The summed E-state index contributed by atoms with van der Waals surface area (Å²) in [4.78, 5) is 26.4. The molecule has 0 saturated heterocycles. The van der Waals surface area contributed by atoms with Gasteiger partial charge in [-0.25, -0.2) is 9.36 Å². The number of carbonyl (C=O) groups is 1. The number of amides is 1. The van der Waals surface area contributed by atoms with Crippen molar-refractivity contribution in [3.05, 3.63) is 91.4 Å². The third-order valence-electron chi connectivity index (χ3n) is 6.58. The van der Waals surface area contributed by atoms with E-state index in [4.69, 9.17) is 11.6 Å². The van der Waals surface area contributed by atoms with Crippen LogP contribution < -0.4 is 16.2 Å². The van der Waals surface area contributed by atoms with Crippen LogP contribution in [-0.2, 0) is 7.05 Å².